The van der Waals surface area contributed by atoms with Crippen LogP contribution in [0.2, 0.25) is 0 Å². The van der Waals surface area contributed by atoms with Crippen molar-refractivity contribution in [1.29, 1.82) is 5.26 Å². The van der Waals surface area contributed by atoms with Crippen LogP contribution in [0.3, 0.4) is 0 Å². The van der Waals surface area contributed by atoms with Crippen LogP contribution in [-0.2, 0) is 4.79 Å². The minimum absolute atomic E-state index is 0.151. The SMILES string of the molecule is Cc1ccc(F)c(C(=O)N2CC3(C=C(C#N)C(=O)C(C)(C)C3)C2)n1. The molecule has 1 aromatic heterocycles. The van der Waals surface area contributed by atoms with Crippen molar-refractivity contribution in [2.45, 2.75) is 27.2 Å². The summed E-state index contributed by atoms with van der Waals surface area (Å²) >= 11 is 0. The van der Waals surface area contributed by atoms with Gasteiger partial charge in [0, 0.05) is 29.6 Å². The molecule has 1 saturated heterocycles. The van der Waals surface area contributed by atoms with E-state index in [1.165, 1.54) is 17.0 Å². The van der Waals surface area contributed by atoms with Crippen LogP contribution in [0.4, 0.5) is 4.39 Å². The Bertz CT molecular complexity index is 814. The fourth-order valence-corrected chi connectivity index (χ4v) is 3.73. The van der Waals surface area contributed by atoms with Crippen molar-refractivity contribution >= 4 is 11.7 Å². The Labute approximate surface area is 139 Å². The van der Waals surface area contributed by atoms with Crippen molar-refractivity contribution in [3.05, 3.63) is 41.0 Å². The quantitative estimate of drug-likeness (QED) is 0.794. The molecule has 3 rings (SSSR count). The highest BCUT2D eigenvalue weighted by Gasteiger charge is 2.52. The zero-order valence-corrected chi connectivity index (χ0v) is 13.9. The number of nitriles is 1. The lowest BCUT2D eigenvalue weighted by molar-refractivity contribution is -0.127. The lowest BCUT2D eigenvalue weighted by Gasteiger charge is -2.53. The fourth-order valence-electron chi connectivity index (χ4n) is 3.73. The Kier molecular flexibility index (Phi) is 3.56. The van der Waals surface area contributed by atoms with Gasteiger partial charge in [0.1, 0.15) is 6.07 Å². The second kappa shape index (κ2) is 5.23. The highest BCUT2D eigenvalue weighted by atomic mass is 19.1. The smallest absolute Gasteiger partial charge is 0.275 e. The maximum Gasteiger partial charge on any atom is 0.275 e. The lowest BCUT2D eigenvalue weighted by atomic mass is 9.61. The highest BCUT2D eigenvalue weighted by Crippen LogP contribution is 2.48. The van der Waals surface area contributed by atoms with Gasteiger partial charge in [-0.1, -0.05) is 19.9 Å². The van der Waals surface area contributed by atoms with Crippen molar-refractivity contribution in [3.63, 3.8) is 0 Å². The average Bonchev–Trinajstić information content (AvgIpc) is 2.49. The number of carbonyl (C=O) groups is 2. The standard InChI is InChI=1S/C18H18FN3O2/c1-11-4-5-13(19)14(21-11)16(24)22-9-18(10-22)6-12(7-20)15(23)17(2,3)8-18/h4-6H,8-10H2,1-3H3. The molecule has 5 nitrogen and oxygen atoms in total. The van der Waals surface area contributed by atoms with Crippen LogP contribution in [0.15, 0.2) is 23.8 Å². The van der Waals surface area contributed by atoms with Gasteiger partial charge in [-0.2, -0.15) is 5.26 Å². The van der Waals surface area contributed by atoms with E-state index < -0.39 is 22.6 Å². The number of hydrogen-bond acceptors (Lipinski definition) is 4. The summed E-state index contributed by atoms with van der Waals surface area (Å²) in [6, 6.07) is 4.71. The van der Waals surface area contributed by atoms with Gasteiger partial charge in [0.15, 0.2) is 17.3 Å². The van der Waals surface area contributed by atoms with Crippen molar-refractivity contribution in [2.75, 3.05) is 13.1 Å². The van der Waals surface area contributed by atoms with Crippen LogP contribution in [-0.4, -0.2) is 34.7 Å². The molecule has 0 radical (unpaired) electrons. The number of allylic oxidation sites excluding steroid dienone is 1. The van der Waals surface area contributed by atoms with Crippen molar-refractivity contribution in [1.82, 2.24) is 9.88 Å². The normalized spacial score (nSPS) is 21.0. The van der Waals surface area contributed by atoms with E-state index >= 15 is 0 Å². The van der Waals surface area contributed by atoms with Crippen molar-refractivity contribution in [3.8, 4) is 6.07 Å². The fraction of sp³-hybridized carbons (Fsp3) is 0.444. The van der Waals surface area contributed by atoms with Gasteiger partial charge in [0.25, 0.3) is 5.91 Å². The molecule has 6 heteroatoms. The summed E-state index contributed by atoms with van der Waals surface area (Å²) in [5, 5.41) is 9.19. The number of carbonyl (C=O) groups excluding carboxylic acids is 2. The predicted octanol–water partition coefficient (Wildman–Crippen LogP) is 2.42. The number of rotatable bonds is 1. The Hall–Kier alpha value is -2.55. The summed E-state index contributed by atoms with van der Waals surface area (Å²) in [4.78, 5) is 30.2. The minimum Gasteiger partial charge on any atom is -0.335 e. The third kappa shape index (κ3) is 2.50. The Morgan fingerprint density at radius 1 is 1.38 bits per heavy atom. The maximum absolute atomic E-state index is 13.9. The Balaban J connectivity index is 1.83. The number of amides is 1. The van der Waals surface area contributed by atoms with E-state index in [0.717, 1.165) is 0 Å². The van der Waals surface area contributed by atoms with E-state index in [1.807, 2.05) is 19.9 Å². The molecule has 1 aromatic rings. The molecule has 0 saturated carbocycles. The molecule has 0 N–H and O–H groups in total. The predicted molar refractivity (Wildman–Crippen MR) is 84.4 cm³/mol. The van der Waals surface area contributed by atoms with Gasteiger partial charge in [-0.3, -0.25) is 9.59 Å². The summed E-state index contributed by atoms with van der Waals surface area (Å²) in [5.41, 5.74) is -0.482. The van der Waals surface area contributed by atoms with Crippen molar-refractivity contribution < 1.29 is 14.0 Å². The number of hydrogen-bond donors (Lipinski definition) is 0. The average molecular weight is 327 g/mol. The van der Waals surface area contributed by atoms with E-state index in [0.29, 0.717) is 25.2 Å². The zero-order chi connectivity index (χ0) is 17.7. The molecule has 0 atom stereocenters. The van der Waals surface area contributed by atoms with Gasteiger partial charge in [-0.25, -0.2) is 9.37 Å². The molecule has 1 fully saturated rings. The number of likely N-dealkylation sites (tertiary alicyclic amines) is 1. The van der Waals surface area contributed by atoms with Crippen molar-refractivity contribution in [2.24, 2.45) is 10.8 Å². The van der Waals surface area contributed by atoms with Gasteiger partial charge >= 0.3 is 0 Å². The number of nitrogens with zero attached hydrogens (tertiary/aromatic N) is 3. The van der Waals surface area contributed by atoms with Crippen LogP contribution in [0.5, 0.6) is 0 Å². The molecule has 124 valence electrons. The summed E-state index contributed by atoms with van der Waals surface area (Å²) < 4.78 is 13.9. The second-order valence-corrected chi connectivity index (χ2v) is 7.37. The van der Waals surface area contributed by atoms with Crippen LogP contribution in [0.1, 0.15) is 36.5 Å². The number of aryl methyl sites for hydroxylation is 1. The summed E-state index contributed by atoms with van der Waals surface area (Å²) in [5.74, 6) is -1.26. The van der Waals surface area contributed by atoms with Gasteiger partial charge < -0.3 is 4.90 Å². The lowest BCUT2D eigenvalue weighted by Crippen LogP contribution is -2.61. The van der Waals surface area contributed by atoms with Crippen LogP contribution < -0.4 is 0 Å². The van der Waals surface area contributed by atoms with E-state index in [9.17, 15) is 19.2 Å². The number of Topliss-reactive ketones (excluding diaryl/α,β-unsaturated/α-hetero) is 1. The molecule has 24 heavy (non-hydrogen) atoms. The van der Waals surface area contributed by atoms with Crippen LogP contribution >= 0.6 is 0 Å². The van der Waals surface area contributed by atoms with E-state index in [-0.39, 0.29) is 17.1 Å². The highest BCUT2D eigenvalue weighted by molar-refractivity contribution is 6.04. The number of ketones is 1. The molecule has 2 heterocycles. The molecule has 1 aliphatic heterocycles. The van der Waals surface area contributed by atoms with Crippen LogP contribution in [0.25, 0.3) is 0 Å². The van der Waals surface area contributed by atoms with Gasteiger partial charge in [-0.15, -0.1) is 0 Å². The summed E-state index contributed by atoms with van der Waals surface area (Å²) in [6.45, 7) is 6.05. The third-order valence-electron chi connectivity index (χ3n) is 4.71. The first-order valence-electron chi connectivity index (χ1n) is 7.78. The number of aromatic nitrogens is 1. The first kappa shape index (κ1) is 16.3. The third-order valence-corrected chi connectivity index (χ3v) is 4.71. The largest absolute Gasteiger partial charge is 0.335 e. The van der Waals surface area contributed by atoms with E-state index in [2.05, 4.69) is 4.98 Å². The summed E-state index contributed by atoms with van der Waals surface area (Å²) in [7, 11) is 0. The summed E-state index contributed by atoms with van der Waals surface area (Å²) in [6.07, 6.45) is 2.25. The Morgan fingerprint density at radius 2 is 2.04 bits per heavy atom. The molecule has 1 aliphatic carbocycles. The van der Waals surface area contributed by atoms with E-state index in [4.69, 9.17) is 0 Å². The molecule has 0 unspecified atom stereocenters. The Morgan fingerprint density at radius 3 is 2.67 bits per heavy atom. The number of halogens is 1. The first-order chi connectivity index (χ1) is 11.2. The molecule has 0 aromatic carbocycles. The minimum atomic E-state index is -0.640. The molecular weight excluding hydrogens is 309 g/mol. The van der Waals surface area contributed by atoms with E-state index in [1.54, 1.807) is 13.0 Å². The van der Waals surface area contributed by atoms with Crippen LogP contribution in [0, 0.1) is 34.9 Å². The maximum atomic E-state index is 13.9. The number of pyridine rings is 1. The molecular formula is C18H18FN3O2. The zero-order valence-electron chi connectivity index (χ0n) is 13.9. The molecule has 2 aliphatic rings. The molecule has 1 spiro atoms. The molecule has 1 amide bonds. The second-order valence-electron chi connectivity index (χ2n) is 7.37. The topological polar surface area (TPSA) is 74.1 Å². The van der Waals surface area contributed by atoms with Gasteiger partial charge in [0.2, 0.25) is 0 Å². The first-order valence-corrected chi connectivity index (χ1v) is 7.78. The van der Waals surface area contributed by atoms with Gasteiger partial charge in [0.05, 0.1) is 5.57 Å². The molecule has 0 bridgehead atoms. The monoisotopic (exact) mass is 327 g/mol. The van der Waals surface area contributed by atoms with Gasteiger partial charge in [-0.05, 0) is 25.5 Å².